The Morgan fingerprint density at radius 3 is 2.56 bits per heavy atom. The summed E-state index contributed by atoms with van der Waals surface area (Å²) in [6.07, 6.45) is 2.35. The van der Waals surface area contributed by atoms with E-state index in [9.17, 15) is 4.79 Å². The van der Waals surface area contributed by atoms with Gasteiger partial charge in [-0.15, -0.1) is 10.2 Å². The van der Waals surface area contributed by atoms with E-state index >= 15 is 0 Å². The summed E-state index contributed by atoms with van der Waals surface area (Å²) in [5.41, 5.74) is 1.16. The van der Waals surface area contributed by atoms with Crippen LogP contribution < -0.4 is 19.7 Å². The number of nitrogens with one attached hydrogen (secondary N) is 1. The molecular weight excluding hydrogens is 320 g/mol. The molecule has 0 saturated carbocycles. The van der Waals surface area contributed by atoms with Gasteiger partial charge in [0.2, 0.25) is 0 Å². The molecule has 1 fully saturated rings. The predicted octanol–water partition coefficient (Wildman–Crippen LogP) is 2.02. The Morgan fingerprint density at radius 2 is 1.92 bits per heavy atom. The number of methoxy groups -OCH3 is 2. The molecule has 2 heterocycles. The first-order valence-corrected chi connectivity index (χ1v) is 8.29. The molecule has 1 N–H and O–H groups in total. The maximum absolute atomic E-state index is 12.3. The number of ether oxygens (including phenoxy) is 2. The Bertz CT molecular complexity index is 728. The summed E-state index contributed by atoms with van der Waals surface area (Å²) in [4.78, 5) is 14.5. The second kappa shape index (κ2) is 7.83. The topological polar surface area (TPSA) is 76.6 Å². The SMILES string of the molecule is COc1ccc(CNC(=O)c2ccc(N3CCCC3)nn2)c(OC)c1. The number of hydrogen-bond acceptors (Lipinski definition) is 6. The van der Waals surface area contributed by atoms with E-state index in [1.165, 1.54) is 12.8 Å². The fraction of sp³-hybridized carbons (Fsp3) is 0.389. The second-order valence-corrected chi connectivity index (χ2v) is 5.83. The van der Waals surface area contributed by atoms with Crippen molar-refractivity contribution in [3.8, 4) is 11.5 Å². The number of aromatic nitrogens is 2. The number of carbonyl (C=O) groups excluding carboxylic acids is 1. The average molecular weight is 342 g/mol. The van der Waals surface area contributed by atoms with Crippen molar-refractivity contribution >= 4 is 11.7 Å². The molecule has 1 saturated heterocycles. The Kier molecular flexibility index (Phi) is 5.33. The van der Waals surface area contributed by atoms with E-state index in [2.05, 4.69) is 20.4 Å². The van der Waals surface area contributed by atoms with E-state index in [4.69, 9.17) is 9.47 Å². The molecule has 132 valence electrons. The van der Waals surface area contributed by atoms with Crippen LogP contribution in [-0.2, 0) is 6.54 Å². The van der Waals surface area contributed by atoms with Gasteiger partial charge in [0.05, 0.1) is 14.2 Å². The normalized spacial score (nSPS) is 13.6. The van der Waals surface area contributed by atoms with Gasteiger partial charge in [-0.25, -0.2) is 0 Å². The van der Waals surface area contributed by atoms with Crippen LogP contribution in [0.25, 0.3) is 0 Å². The van der Waals surface area contributed by atoms with Crippen LogP contribution in [0.15, 0.2) is 30.3 Å². The van der Waals surface area contributed by atoms with E-state index in [-0.39, 0.29) is 5.91 Å². The van der Waals surface area contributed by atoms with Crippen LogP contribution in [0, 0.1) is 0 Å². The first-order valence-electron chi connectivity index (χ1n) is 8.29. The summed E-state index contributed by atoms with van der Waals surface area (Å²) in [5.74, 6) is 1.93. The van der Waals surface area contributed by atoms with Gasteiger partial charge in [-0.2, -0.15) is 0 Å². The van der Waals surface area contributed by atoms with Crippen molar-refractivity contribution in [2.75, 3.05) is 32.2 Å². The van der Waals surface area contributed by atoms with Crippen molar-refractivity contribution in [2.24, 2.45) is 0 Å². The minimum Gasteiger partial charge on any atom is -0.497 e. The van der Waals surface area contributed by atoms with Gasteiger partial charge in [0.25, 0.3) is 5.91 Å². The summed E-state index contributed by atoms with van der Waals surface area (Å²) in [7, 11) is 3.18. The van der Waals surface area contributed by atoms with Crippen molar-refractivity contribution in [1.29, 1.82) is 0 Å². The van der Waals surface area contributed by atoms with Crippen LogP contribution in [0.2, 0.25) is 0 Å². The molecule has 0 spiro atoms. The molecule has 7 heteroatoms. The molecule has 2 aromatic rings. The largest absolute Gasteiger partial charge is 0.497 e. The highest BCUT2D eigenvalue weighted by Gasteiger charge is 2.15. The minimum atomic E-state index is -0.265. The van der Waals surface area contributed by atoms with Gasteiger partial charge in [-0.05, 0) is 37.1 Å². The van der Waals surface area contributed by atoms with Crippen LogP contribution >= 0.6 is 0 Å². The number of rotatable bonds is 6. The zero-order valence-electron chi connectivity index (χ0n) is 14.5. The lowest BCUT2D eigenvalue weighted by molar-refractivity contribution is 0.0944. The third-order valence-corrected chi connectivity index (χ3v) is 4.25. The Labute approximate surface area is 147 Å². The molecule has 1 amide bonds. The van der Waals surface area contributed by atoms with E-state index in [0.29, 0.717) is 23.7 Å². The van der Waals surface area contributed by atoms with Crippen LogP contribution in [0.1, 0.15) is 28.9 Å². The molecule has 25 heavy (non-hydrogen) atoms. The first-order chi connectivity index (χ1) is 12.2. The second-order valence-electron chi connectivity index (χ2n) is 5.83. The Balaban J connectivity index is 1.62. The monoisotopic (exact) mass is 342 g/mol. The lowest BCUT2D eigenvalue weighted by Crippen LogP contribution is -2.25. The number of nitrogens with zero attached hydrogens (tertiary/aromatic N) is 3. The highest BCUT2D eigenvalue weighted by Crippen LogP contribution is 2.24. The third kappa shape index (κ3) is 3.99. The van der Waals surface area contributed by atoms with Gasteiger partial charge in [0.15, 0.2) is 11.5 Å². The van der Waals surface area contributed by atoms with E-state index in [1.54, 1.807) is 26.4 Å². The number of carbonyl (C=O) groups is 1. The molecule has 1 aliphatic heterocycles. The van der Waals surface area contributed by atoms with Gasteiger partial charge >= 0.3 is 0 Å². The summed E-state index contributed by atoms with van der Waals surface area (Å²) >= 11 is 0. The van der Waals surface area contributed by atoms with Crippen LogP contribution in [-0.4, -0.2) is 43.4 Å². The molecule has 0 unspecified atom stereocenters. The smallest absolute Gasteiger partial charge is 0.272 e. The highest BCUT2D eigenvalue weighted by molar-refractivity contribution is 5.92. The van der Waals surface area contributed by atoms with Gasteiger partial charge in [-0.3, -0.25) is 4.79 Å². The van der Waals surface area contributed by atoms with E-state index in [0.717, 1.165) is 24.5 Å². The summed E-state index contributed by atoms with van der Waals surface area (Å²) in [6.45, 7) is 2.33. The molecule has 0 atom stereocenters. The molecule has 3 rings (SSSR count). The van der Waals surface area contributed by atoms with Gasteiger partial charge < -0.3 is 19.7 Å². The maximum Gasteiger partial charge on any atom is 0.272 e. The van der Waals surface area contributed by atoms with Gasteiger partial charge in [0.1, 0.15) is 11.5 Å². The summed E-state index contributed by atoms with van der Waals surface area (Å²) in [6, 6.07) is 9.03. The quantitative estimate of drug-likeness (QED) is 0.865. The fourth-order valence-corrected chi connectivity index (χ4v) is 2.83. The van der Waals surface area contributed by atoms with Crippen LogP contribution in [0.3, 0.4) is 0 Å². The van der Waals surface area contributed by atoms with Crippen molar-refractivity contribution < 1.29 is 14.3 Å². The number of benzene rings is 1. The number of amides is 1. The van der Waals surface area contributed by atoms with Gasteiger partial charge in [-0.1, -0.05) is 0 Å². The third-order valence-electron chi connectivity index (χ3n) is 4.25. The molecule has 1 aliphatic rings. The molecule has 7 nitrogen and oxygen atoms in total. The van der Waals surface area contributed by atoms with Crippen molar-refractivity contribution in [1.82, 2.24) is 15.5 Å². The van der Waals surface area contributed by atoms with Crippen LogP contribution in [0.4, 0.5) is 5.82 Å². The number of anilines is 1. The fourth-order valence-electron chi connectivity index (χ4n) is 2.83. The molecule has 0 aliphatic carbocycles. The molecule has 0 bridgehead atoms. The van der Waals surface area contributed by atoms with Crippen molar-refractivity contribution in [3.63, 3.8) is 0 Å². The zero-order chi connectivity index (χ0) is 17.6. The first kappa shape index (κ1) is 17.0. The van der Waals surface area contributed by atoms with Gasteiger partial charge in [0, 0.05) is 31.3 Å². The lowest BCUT2D eigenvalue weighted by atomic mass is 10.2. The lowest BCUT2D eigenvalue weighted by Gasteiger charge is -2.15. The van der Waals surface area contributed by atoms with E-state index < -0.39 is 0 Å². The van der Waals surface area contributed by atoms with Crippen LogP contribution in [0.5, 0.6) is 11.5 Å². The van der Waals surface area contributed by atoms with E-state index in [1.807, 2.05) is 18.2 Å². The average Bonchev–Trinajstić information content (AvgIpc) is 3.20. The molecule has 0 radical (unpaired) electrons. The minimum absolute atomic E-state index is 0.265. The Hall–Kier alpha value is -2.83. The molecule has 1 aromatic carbocycles. The highest BCUT2D eigenvalue weighted by atomic mass is 16.5. The summed E-state index contributed by atoms with van der Waals surface area (Å²) in [5, 5.41) is 11.1. The van der Waals surface area contributed by atoms with Crippen molar-refractivity contribution in [3.05, 3.63) is 41.6 Å². The number of hydrogen-bond donors (Lipinski definition) is 1. The standard InChI is InChI=1S/C18H22N4O3/c1-24-14-6-5-13(16(11-14)25-2)12-19-18(23)15-7-8-17(21-20-15)22-9-3-4-10-22/h5-8,11H,3-4,9-10,12H2,1-2H3,(H,19,23). The Morgan fingerprint density at radius 1 is 1.12 bits per heavy atom. The molecular formula is C18H22N4O3. The zero-order valence-corrected chi connectivity index (χ0v) is 14.5. The molecule has 1 aromatic heterocycles. The van der Waals surface area contributed by atoms with Crippen molar-refractivity contribution in [2.45, 2.75) is 19.4 Å². The maximum atomic E-state index is 12.3. The predicted molar refractivity (Wildman–Crippen MR) is 94.2 cm³/mol. The summed E-state index contributed by atoms with van der Waals surface area (Å²) < 4.78 is 10.5.